The molecule has 0 heteroatoms. The first-order valence-electron chi connectivity index (χ1n) is 3.97. The molecule has 0 spiro atoms. The highest BCUT2D eigenvalue weighted by atomic mass is 13.9. The van der Waals surface area contributed by atoms with Crippen LogP contribution in [0.2, 0.25) is 0 Å². The maximum Gasteiger partial charge on any atom is -0.0323 e. The Hall–Kier alpha value is -0.520. The summed E-state index contributed by atoms with van der Waals surface area (Å²) in [7, 11) is 0. The summed E-state index contributed by atoms with van der Waals surface area (Å²) in [5, 5.41) is 0. The van der Waals surface area contributed by atoms with Crippen LogP contribution < -0.4 is 0 Å². The highest BCUT2D eigenvalue weighted by Gasteiger charge is 1.83. The lowest BCUT2D eigenvalue weighted by molar-refractivity contribution is 0.905. The molecule has 0 saturated carbocycles. The van der Waals surface area contributed by atoms with Gasteiger partial charge in [0.15, 0.2) is 0 Å². The Morgan fingerprint density at radius 2 is 1.70 bits per heavy atom. The molecule has 58 valence electrons. The van der Waals surface area contributed by atoms with Crippen molar-refractivity contribution in [3.8, 4) is 0 Å². The van der Waals surface area contributed by atoms with Crippen molar-refractivity contribution < 1.29 is 0 Å². The van der Waals surface area contributed by atoms with Crippen LogP contribution in [0.15, 0.2) is 23.3 Å². The van der Waals surface area contributed by atoms with E-state index in [1.165, 1.54) is 24.0 Å². The Morgan fingerprint density at radius 1 is 1.10 bits per heavy atom. The van der Waals surface area contributed by atoms with E-state index in [1.807, 2.05) is 0 Å². The third-order valence-electron chi connectivity index (χ3n) is 1.35. The standard InChI is InChI=1S/C10H18/c1-5-6-10(4)8-7-9(2)3/h7-8H,5-6H2,1-4H3/b10-8-. The SMILES string of the molecule is CCC/C(C)=C\C=C(C)C. The van der Waals surface area contributed by atoms with Crippen LogP contribution in [0.1, 0.15) is 40.5 Å². The largest absolute Gasteiger partial charge is 0.0764 e. The van der Waals surface area contributed by atoms with E-state index in [1.54, 1.807) is 0 Å². The molecule has 0 aliphatic heterocycles. The lowest BCUT2D eigenvalue weighted by Crippen LogP contribution is -1.73. The van der Waals surface area contributed by atoms with Crippen LogP contribution in [-0.4, -0.2) is 0 Å². The summed E-state index contributed by atoms with van der Waals surface area (Å²) in [6.45, 7) is 8.63. The fourth-order valence-corrected chi connectivity index (χ4v) is 0.787. The Balaban J connectivity index is 3.79. The number of allylic oxidation sites excluding steroid dienone is 4. The topological polar surface area (TPSA) is 0 Å². The molecule has 0 rings (SSSR count). The Labute approximate surface area is 64.6 Å². The van der Waals surface area contributed by atoms with Crippen LogP contribution in [0.4, 0.5) is 0 Å². The van der Waals surface area contributed by atoms with Gasteiger partial charge in [-0.2, -0.15) is 0 Å². The van der Waals surface area contributed by atoms with Gasteiger partial charge in [-0.3, -0.25) is 0 Å². The molecule has 10 heavy (non-hydrogen) atoms. The van der Waals surface area contributed by atoms with Gasteiger partial charge in [-0.1, -0.05) is 36.6 Å². The van der Waals surface area contributed by atoms with Gasteiger partial charge >= 0.3 is 0 Å². The average molecular weight is 138 g/mol. The van der Waals surface area contributed by atoms with Gasteiger partial charge in [0.05, 0.1) is 0 Å². The fraction of sp³-hybridized carbons (Fsp3) is 0.600. The summed E-state index contributed by atoms with van der Waals surface area (Å²) in [5.74, 6) is 0. The zero-order valence-electron chi connectivity index (χ0n) is 7.57. The minimum atomic E-state index is 1.23. The molecule has 0 bridgehead atoms. The minimum Gasteiger partial charge on any atom is -0.0764 e. The van der Waals surface area contributed by atoms with E-state index in [-0.39, 0.29) is 0 Å². The van der Waals surface area contributed by atoms with Crippen molar-refractivity contribution >= 4 is 0 Å². The van der Waals surface area contributed by atoms with Gasteiger partial charge < -0.3 is 0 Å². The molecule has 0 aliphatic carbocycles. The van der Waals surface area contributed by atoms with Gasteiger partial charge in [0.2, 0.25) is 0 Å². The van der Waals surface area contributed by atoms with Crippen LogP contribution in [-0.2, 0) is 0 Å². The van der Waals surface area contributed by atoms with Gasteiger partial charge in [-0.25, -0.2) is 0 Å². The van der Waals surface area contributed by atoms with Crippen LogP contribution in [0.5, 0.6) is 0 Å². The third kappa shape index (κ3) is 5.61. The molecule has 0 aromatic heterocycles. The van der Waals surface area contributed by atoms with Crippen molar-refractivity contribution in [3.05, 3.63) is 23.3 Å². The third-order valence-corrected chi connectivity index (χ3v) is 1.35. The molecule has 0 radical (unpaired) electrons. The lowest BCUT2D eigenvalue weighted by Gasteiger charge is -1.93. The van der Waals surface area contributed by atoms with E-state index in [2.05, 4.69) is 39.8 Å². The quantitative estimate of drug-likeness (QED) is 0.522. The van der Waals surface area contributed by atoms with E-state index in [0.29, 0.717) is 0 Å². The van der Waals surface area contributed by atoms with E-state index >= 15 is 0 Å². The molecular weight excluding hydrogens is 120 g/mol. The van der Waals surface area contributed by atoms with Crippen LogP contribution >= 0.6 is 0 Å². The van der Waals surface area contributed by atoms with Gasteiger partial charge in [0.25, 0.3) is 0 Å². The summed E-state index contributed by atoms with van der Waals surface area (Å²) in [5.41, 5.74) is 2.85. The second kappa shape index (κ2) is 5.28. The second-order valence-corrected chi connectivity index (χ2v) is 3.01. The van der Waals surface area contributed by atoms with Crippen LogP contribution in [0.25, 0.3) is 0 Å². The van der Waals surface area contributed by atoms with Gasteiger partial charge in [-0.15, -0.1) is 0 Å². The van der Waals surface area contributed by atoms with Crippen molar-refractivity contribution in [2.75, 3.05) is 0 Å². The average Bonchev–Trinajstić information content (AvgIpc) is 1.85. The van der Waals surface area contributed by atoms with Crippen molar-refractivity contribution in [2.45, 2.75) is 40.5 Å². The van der Waals surface area contributed by atoms with Crippen molar-refractivity contribution in [2.24, 2.45) is 0 Å². The van der Waals surface area contributed by atoms with E-state index in [0.717, 1.165) is 0 Å². The molecule has 0 heterocycles. The molecule has 0 atom stereocenters. The van der Waals surface area contributed by atoms with E-state index < -0.39 is 0 Å². The predicted octanol–water partition coefficient (Wildman–Crippen LogP) is 3.70. The highest BCUT2D eigenvalue weighted by molar-refractivity contribution is 5.13. The normalized spacial score (nSPS) is 11.4. The Kier molecular flexibility index (Phi) is 5.00. The summed E-state index contributed by atoms with van der Waals surface area (Å²) in [6, 6.07) is 0. The Bertz CT molecular complexity index is 134. The molecular formula is C10H18. The van der Waals surface area contributed by atoms with E-state index in [9.17, 15) is 0 Å². The fourth-order valence-electron chi connectivity index (χ4n) is 0.787. The first kappa shape index (κ1) is 9.48. The second-order valence-electron chi connectivity index (χ2n) is 3.01. The molecule has 0 aliphatic rings. The molecule has 0 N–H and O–H groups in total. The van der Waals surface area contributed by atoms with Gasteiger partial charge in [-0.05, 0) is 27.2 Å². The summed E-state index contributed by atoms with van der Waals surface area (Å²) in [4.78, 5) is 0. The van der Waals surface area contributed by atoms with Crippen molar-refractivity contribution in [3.63, 3.8) is 0 Å². The van der Waals surface area contributed by atoms with Gasteiger partial charge in [0, 0.05) is 0 Å². The first-order valence-corrected chi connectivity index (χ1v) is 3.97. The lowest BCUT2D eigenvalue weighted by atomic mass is 10.1. The maximum absolute atomic E-state index is 2.21. The highest BCUT2D eigenvalue weighted by Crippen LogP contribution is 2.03. The molecule has 0 unspecified atom stereocenters. The summed E-state index contributed by atoms with van der Waals surface area (Å²) >= 11 is 0. The molecule has 0 aromatic carbocycles. The van der Waals surface area contributed by atoms with Crippen molar-refractivity contribution in [1.29, 1.82) is 0 Å². The number of rotatable bonds is 3. The molecule has 0 amide bonds. The predicted molar refractivity (Wildman–Crippen MR) is 48.1 cm³/mol. The van der Waals surface area contributed by atoms with E-state index in [4.69, 9.17) is 0 Å². The number of hydrogen-bond donors (Lipinski definition) is 0. The van der Waals surface area contributed by atoms with Crippen LogP contribution in [0.3, 0.4) is 0 Å². The molecule has 0 aromatic rings. The zero-order valence-corrected chi connectivity index (χ0v) is 7.57. The minimum absolute atomic E-state index is 1.23. The monoisotopic (exact) mass is 138 g/mol. The molecule has 0 fully saturated rings. The Morgan fingerprint density at radius 3 is 2.10 bits per heavy atom. The molecule has 0 nitrogen and oxygen atoms in total. The number of hydrogen-bond acceptors (Lipinski definition) is 0. The molecule has 0 saturated heterocycles. The summed E-state index contributed by atoms with van der Waals surface area (Å²) in [6.07, 6.45) is 6.85. The van der Waals surface area contributed by atoms with Crippen LogP contribution in [0, 0.1) is 0 Å². The summed E-state index contributed by atoms with van der Waals surface area (Å²) < 4.78 is 0. The maximum atomic E-state index is 2.21. The van der Waals surface area contributed by atoms with Crippen molar-refractivity contribution in [1.82, 2.24) is 0 Å². The smallest absolute Gasteiger partial charge is 0.0323 e. The van der Waals surface area contributed by atoms with Gasteiger partial charge in [0.1, 0.15) is 0 Å². The first-order chi connectivity index (χ1) is 4.66. The zero-order chi connectivity index (χ0) is 7.98.